The molecule has 6 nitrogen and oxygen atoms in total. The molecule has 0 aliphatic rings. The molecule has 0 aliphatic carbocycles. The average molecular weight is 334 g/mol. The van der Waals surface area contributed by atoms with Crippen molar-refractivity contribution in [1.29, 1.82) is 0 Å². The summed E-state index contributed by atoms with van der Waals surface area (Å²) in [7, 11) is -3.79. The first-order valence-electron chi connectivity index (χ1n) is 7.21. The number of nitro benzene ring substituents is 1. The summed E-state index contributed by atoms with van der Waals surface area (Å²) in [5.74, 6) is 0.214. The smallest absolute Gasteiger partial charge is 0.269 e. The van der Waals surface area contributed by atoms with Crippen LogP contribution >= 0.6 is 0 Å². The molecular formula is C16H18N2O4S. The Morgan fingerprint density at radius 3 is 2.30 bits per heavy atom. The van der Waals surface area contributed by atoms with Crippen LogP contribution in [0, 0.1) is 10.1 Å². The SMILES string of the molecule is CC[C@@H](C)c1ccccc1NS(=O)(=O)c1ccc([N+](=O)[O-])cc1. The van der Waals surface area contributed by atoms with Crippen molar-refractivity contribution in [2.24, 2.45) is 0 Å². The lowest BCUT2D eigenvalue weighted by Crippen LogP contribution is -2.14. The monoisotopic (exact) mass is 334 g/mol. The molecule has 0 spiro atoms. The molecule has 0 heterocycles. The fourth-order valence-corrected chi connectivity index (χ4v) is 3.28. The molecule has 23 heavy (non-hydrogen) atoms. The molecule has 122 valence electrons. The predicted molar refractivity (Wildman–Crippen MR) is 89.1 cm³/mol. The van der Waals surface area contributed by atoms with Crippen molar-refractivity contribution in [3.63, 3.8) is 0 Å². The topological polar surface area (TPSA) is 89.3 Å². The molecule has 1 atom stereocenters. The molecule has 0 saturated carbocycles. The van der Waals surface area contributed by atoms with E-state index in [1.807, 2.05) is 26.0 Å². The molecule has 0 aliphatic heterocycles. The number of benzene rings is 2. The van der Waals surface area contributed by atoms with Gasteiger partial charge in [0.25, 0.3) is 15.7 Å². The summed E-state index contributed by atoms with van der Waals surface area (Å²) in [6.45, 7) is 4.06. The fraction of sp³-hybridized carbons (Fsp3) is 0.250. The minimum absolute atomic E-state index is 0.0120. The van der Waals surface area contributed by atoms with Crippen molar-refractivity contribution in [3.05, 3.63) is 64.2 Å². The Kier molecular flexibility index (Phi) is 5.00. The zero-order valence-electron chi connectivity index (χ0n) is 12.9. The van der Waals surface area contributed by atoms with Crippen molar-refractivity contribution in [2.45, 2.75) is 31.1 Å². The number of para-hydroxylation sites is 1. The number of nitrogens with zero attached hydrogens (tertiary/aromatic N) is 1. The molecule has 1 N–H and O–H groups in total. The number of nitro groups is 1. The molecule has 0 radical (unpaired) electrons. The maximum Gasteiger partial charge on any atom is 0.269 e. The third-order valence-electron chi connectivity index (χ3n) is 3.71. The molecule has 0 saturated heterocycles. The van der Waals surface area contributed by atoms with Gasteiger partial charge >= 0.3 is 0 Å². The van der Waals surface area contributed by atoms with Gasteiger partial charge in [0, 0.05) is 12.1 Å². The summed E-state index contributed by atoms with van der Waals surface area (Å²) in [6, 6.07) is 12.0. The van der Waals surface area contributed by atoms with Gasteiger partial charge in [0.05, 0.1) is 15.5 Å². The number of hydrogen-bond donors (Lipinski definition) is 1. The van der Waals surface area contributed by atoms with Crippen LogP contribution in [0.3, 0.4) is 0 Å². The molecule has 0 amide bonds. The second-order valence-electron chi connectivity index (χ2n) is 5.25. The quantitative estimate of drug-likeness (QED) is 0.640. The van der Waals surface area contributed by atoms with Gasteiger partial charge in [-0.05, 0) is 36.1 Å². The fourth-order valence-electron chi connectivity index (χ4n) is 2.19. The van der Waals surface area contributed by atoms with Crippen LogP contribution in [0.2, 0.25) is 0 Å². The first-order chi connectivity index (χ1) is 10.8. The third kappa shape index (κ3) is 3.87. The van der Waals surface area contributed by atoms with Gasteiger partial charge in [0.2, 0.25) is 0 Å². The molecule has 2 rings (SSSR count). The van der Waals surface area contributed by atoms with Crippen LogP contribution in [0.25, 0.3) is 0 Å². The summed E-state index contributed by atoms with van der Waals surface area (Å²) in [4.78, 5) is 10.1. The molecule has 2 aromatic rings. The highest BCUT2D eigenvalue weighted by atomic mass is 32.2. The molecule has 0 bridgehead atoms. The van der Waals surface area contributed by atoms with Crippen LogP contribution in [-0.2, 0) is 10.0 Å². The Morgan fingerprint density at radius 1 is 1.13 bits per heavy atom. The molecule has 0 aromatic heterocycles. The van der Waals surface area contributed by atoms with Gasteiger partial charge in [0.15, 0.2) is 0 Å². The van der Waals surface area contributed by atoms with Crippen molar-refractivity contribution in [3.8, 4) is 0 Å². The Morgan fingerprint density at radius 2 is 1.74 bits per heavy atom. The van der Waals surface area contributed by atoms with E-state index < -0.39 is 14.9 Å². The average Bonchev–Trinajstić information content (AvgIpc) is 2.54. The molecule has 0 fully saturated rings. The number of sulfonamides is 1. The van der Waals surface area contributed by atoms with Crippen LogP contribution in [-0.4, -0.2) is 13.3 Å². The lowest BCUT2D eigenvalue weighted by Gasteiger charge is -2.16. The summed E-state index contributed by atoms with van der Waals surface area (Å²) < 4.78 is 27.5. The van der Waals surface area contributed by atoms with E-state index in [1.54, 1.807) is 12.1 Å². The van der Waals surface area contributed by atoms with Crippen molar-refractivity contribution in [1.82, 2.24) is 0 Å². The lowest BCUT2D eigenvalue weighted by molar-refractivity contribution is -0.384. The van der Waals surface area contributed by atoms with Crippen LogP contribution < -0.4 is 4.72 Å². The number of rotatable bonds is 6. The van der Waals surface area contributed by atoms with Crippen LogP contribution in [0.1, 0.15) is 31.7 Å². The van der Waals surface area contributed by atoms with Gasteiger partial charge in [0.1, 0.15) is 0 Å². The van der Waals surface area contributed by atoms with Crippen LogP contribution in [0.4, 0.5) is 11.4 Å². The van der Waals surface area contributed by atoms with Gasteiger partial charge in [-0.3, -0.25) is 14.8 Å². The third-order valence-corrected chi connectivity index (χ3v) is 5.09. The van der Waals surface area contributed by atoms with E-state index in [-0.39, 0.29) is 16.5 Å². The number of anilines is 1. The van der Waals surface area contributed by atoms with Gasteiger partial charge in [-0.15, -0.1) is 0 Å². The Labute approximate surface area is 135 Å². The highest BCUT2D eigenvalue weighted by Crippen LogP contribution is 2.28. The minimum Gasteiger partial charge on any atom is -0.279 e. The van der Waals surface area contributed by atoms with E-state index in [2.05, 4.69) is 4.72 Å². The van der Waals surface area contributed by atoms with E-state index in [4.69, 9.17) is 0 Å². The molecule has 2 aromatic carbocycles. The summed E-state index contributed by atoms with van der Waals surface area (Å²) in [5, 5.41) is 10.6. The lowest BCUT2D eigenvalue weighted by atomic mass is 9.97. The molecule has 7 heteroatoms. The van der Waals surface area contributed by atoms with E-state index in [0.717, 1.165) is 12.0 Å². The maximum atomic E-state index is 12.5. The standard InChI is InChI=1S/C16H18N2O4S/c1-3-12(2)15-6-4-5-7-16(15)17-23(21,22)14-10-8-13(9-11-14)18(19)20/h4-12,17H,3H2,1-2H3/t12-/m1/s1. The highest BCUT2D eigenvalue weighted by molar-refractivity contribution is 7.92. The van der Waals surface area contributed by atoms with E-state index in [9.17, 15) is 18.5 Å². The maximum absolute atomic E-state index is 12.5. The van der Waals surface area contributed by atoms with Crippen molar-refractivity contribution in [2.75, 3.05) is 4.72 Å². The second kappa shape index (κ2) is 6.78. The Bertz CT molecular complexity index is 801. The van der Waals surface area contributed by atoms with E-state index >= 15 is 0 Å². The van der Waals surface area contributed by atoms with Crippen LogP contribution in [0.5, 0.6) is 0 Å². The van der Waals surface area contributed by atoms with Crippen LogP contribution in [0.15, 0.2) is 53.4 Å². The Balaban J connectivity index is 2.33. The Hall–Kier alpha value is -2.41. The second-order valence-corrected chi connectivity index (χ2v) is 6.94. The zero-order valence-corrected chi connectivity index (χ0v) is 13.7. The number of hydrogen-bond acceptors (Lipinski definition) is 4. The molecular weight excluding hydrogens is 316 g/mol. The van der Waals surface area contributed by atoms with E-state index in [1.165, 1.54) is 24.3 Å². The summed E-state index contributed by atoms with van der Waals surface area (Å²) >= 11 is 0. The number of non-ortho nitro benzene ring substituents is 1. The first-order valence-corrected chi connectivity index (χ1v) is 8.69. The molecule has 0 unspecified atom stereocenters. The van der Waals surface area contributed by atoms with Gasteiger partial charge in [-0.1, -0.05) is 32.0 Å². The zero-order chi connectivity index (χ0) is 17.0. The summed E-state index contributed by atoms with van der Waals surface area (Å²) in [6.07, 6.45) is 0.885. The summed E-state index contributed by atoms with van der Waals surface area (Å²) in [5.41, 5.74) is 1.30. The van der Waals surface area contributed by atoms with Gasteiger partial charge in [-0.25, -0.2) is 8.42 Å². The number of nitrogens with one attached hydrogen (secondary N) is 1. The van der Waals surface area contributed by atoms with Crippen molar-refractivity contribution >= 4 is 21.4 Å². The van der Waals surface area contributed by atoms with E-state index in [0.29, 0.717) is 5.69 Å². The normalized spacial score (nSPS) is 12.6. The largest absolute Gasteiger partial charge is 0.279 e. The van der Waals surface area contributed by atoms with Gasteiger partial charge in [-0.2, -0.15) is 0 Å². The first kappa shape index (κ1) is 17.0. The minimum atomic E-state index is -3.79. The van der Waals surface area contributed by atoms with Crippen molar-refractivity contribution < 1.29 is 13.3 Å². The highest BCUT2D eigenvalue weighted by Gasteiger charge is 2.18. The van der Waals surface area contributed by atoms with Gasteiger partial charge < -0.3 is 0 Å². The predicted octanol–water partition coefficient (Wildman–Crippen LogP) is 3.91.